The number of benzene rings is 1. The van der Waals surface area contributed by atoms with E-state index >= 15 is 0 Å². The van der Waals surface area contributed by atoms with Gasteiger partial charge in [-0.2, -0.15) is 0 Å². The van der Waals surface area contributed by atoms with E-state index in [1.54, 1.807) is 24.0 Å². The zero-order valence-electron chi connectivity index (χ0n) is 14.7. The SMILES string of the molecule is CC(=O)N(CCNS(=O)(=O)c1ccc(C)cc1C)CCC(C)C. The third-order valence-corrected chi connectivity index (χ3v) is 5.34. The fourth-order valence-corrected chi connectivity index (χ4v) is 3.58. The molecule has 0 unspecified atom stereocenters. The Hall–Kier alpha value is -1.40. The van der Waals surface area contributed by atoms with Gasteiger partial charge in [-0.15, -0.1) is 0 Å². The summed E-state index contributed by atoms with van der Waals surface area (Å²) in [5.74, 6) is 0.472. The highest BCUT2D eigenvalue weighted by Crippen LogP contribution is 2.16. The van der Waals surface area contributed by atoms with Crippen molar-refractivity contribution in [1.29, 1.82) is 0 Å². The van der Waals surface area contributed by atoms with Crippen molar-refractivity contribution in [3.05, 3.63) is 29.3 Å². The third kappa shape index (κ3) is 6.31. The molecule has 5 nitrogen and oxygen atoms in total. The lowest BCUT2D eigenvalue weighted by Crippen LogP contribution is -2.38. The summed E-state index contributed by atoms with van der Waals surface area (Å²) >= 11 is 0. The summed E-state index contributed by atoms with van der Waals surface area (Å²) in [6.45, 7) is 10.7. The maximum Gasteiger partial charge on any atom is 0.240 e. The first-order chi connectivity index (χ1) is 10.6. The maximum absolute atomic E-state index is 12.4. The Balaban J connectivity index is 2.66. The molecule has 0 saturated carbocycles. The number of hydrogen-bond acceptors (Lipinski definition) is 3. The van der Waals surface area contributed by atoms with Crippen LogP contribution in [0, 0.1) is 19.8 Å². The molecule has 1 aromatic rings. The van der Waals surface area contributed by atoms with Gasteiger partial charge in [0, 0.05) is 26.6 Å². The van der Waals surface area contributed by atoms with Gasteiger partial charge in [-0.25, -0.2) is 13.1 Å². The van der Waals surface area contributed by atoms with E-state index in [0.717, 1.165) is 17.5 Å². The van der Waals surface area contributed by atoms with Crippen LogP contribution in [0.2, 0.25) is 0 Å². The van der Waals surface area contributed by atoms with Crippen LogP contribution in [0.4, 0.5) is 0 Å². The van der Waals surface area contributed by atoms with E-state index in [4.69, 9.17) is 0 Å². The summed E-state index contributed by atoms with van der Waals surface area (Å²) in [6, 6.07) is 5.25. The average Bonchev–Trinajstić information content (AvgIpc) is 2.41. The van der Waals surface area contributed by atoms with Gasteiger partial charge in [0.05, 0.1) is 4.90 Å². The predicted molar refractivity (Wildman–Crippen MR) is 92.8 cm³/mol. The Morgan fingerprint density at radius 1 is 1.22 bits per heavy atom. The molecule has 1 aromatic carbocycles. The first kappa shape index (κ1) is 19.6. The highest BCUT2D eigenvalue weighted by atomic mass is 32.2. The van der Waals surface area contributed by atoms with Crippen molar-refractivity contribution < 1.29 is 13.2 Å². The van der Waals surface area contributed by atoms with Gasteiger partial charge < -0.3 is 4.90 Å². The minimum Gasteiger partial charge on any atom is -0.342 e. The third-order valence-electron chi connectivity index (χ3n) is 3.72. The van der Waals surface area contributed by atoms with E-state index in [9.17, 15) is 13.2 Å². The minimum absolute atomic E-state index is 0.0311. The number of sulfonamides is 1. The molecule has 0 spiro atoms. The predicted octanol–water partition coefficient (Wildman–Crippen LogP) is 2.48. The molecule has 0 heterocycles. The quantitative estimate of drug-likeness (QED) is 0.790. The monoisotopic (exact) mass is 340 g/mol. The number of amides is 1. The van der Waals surface area contributed by atoms with Crippen molar-refractivity contribution in [2.45, 2.75) is 45.9 Å². The first-order valence-electron chi connectivity index (χ1n) is 7.96. The summed E-state index contributed by atoms with van der Waals surface area (Å²) in [6.07, 6.45) is 0.906. The number of hydrogen-bond donors (Lipinski definition) is 1. The Bertz CT molecular complexity index is 639. The minimum atomic E-state index is -3.55. The van der Waals surface area contributed by atoms with Gasteiger partial charge in [-0.1, -0.05) is 31.5 Å². The molecule has 1 N–H and O–H groups in total. The van der Waals surface area contributed by atoms with Gasteiger partial charge in [0.2, 0.25) is 15.9 Å². The van der Waals surface area contributed by atoms with Crippen molar-refractivity contribution in [1.82, 2.24) is 9.62 Å². The topological polar surface area (TPSA) is 66.5 Å². The first-order valence-corrected chi connectivity index (χ1v) is 9.44. The molecular weight excluding hydrogens is 312 g/mol. The Labute approximate surface area is 140 Å². The molecule has 0 fully saturated rings. The highest BCUT2D eigenvalue weighted by molar-refractivity contribution is 7.89. The Morgan fingerprint density at radius 2 is 1.87 bits per heavy atom. The molecule has 0 aromatic heterocycles. The van der Waals surface area contributed by atoms with E-state index < -0.39 is 10.0 Å². The van der Waals surface area contributed by atoms with Crippen molar-refractivity contribution in [2.75, 3.05) is 19.6 Å². The zero-order chi connectivity index (χ0) is 17.6. The van der Waals surface area contributed by atoms with Crippen LogP contribution in [0.15, 0.2) is 23.1 Å². The average molecular weight is 340 g/mol. The number of carbonyl (C=O) groups excluding carboxylic acids is 1. The molecule has 0 atom stereocenters. The normalized spacial score (nSPS) is 11.7. The van der Waals surface area contributed by atoms with E-state index in [1.807, 2.05) is 13.0 Å². The Kier molecular flexibility index (Phi) is 7.22. The van der Waals surface area contributed by atoms with Crippen LogP contribution in [0.1, 0.15) is 38.3 Å². The molecule has 1 amide bonds. The maximum atomic E-state index is 12.4. The molecule has 0 aliphatic rings. The van der Waals surface area contributed by atoms with Crippen LogP contribution in [-0.2, 0) is 14.8 Å². The van der Waals surface area contributed by atoms with Crippen LogP contribution in [0.5, 0.6) is 0 Å². The fraction of sp³-hybridized carbons (Fsp3) is 0.588. The van der Waals surface area contributed by atoms with Gasteiger partial charge in [0.15, 0.2) is 0 Å². The van der Waals surface area contributed by atoms with E-state index in [0.29, 0.717) is 23.9 Å². The number of nitrogens with zero attached hydrogens (tertiary/aromatic N) is 1. The van der Waals surface area contributed by atoms with E-state index in [-0.39, 0.29) is 12.5 Å². The van der Waals surface area contributed by atoms with Gasteiger partial charge in [0.25, 0.3) is 0 Å². The van der Waals surface area contributed by atoms with Gasteiger partial charge in [-0.3, -0.25) is 4.79 Å². The summed E-state index contributed by atoms with van der Waals surface area (Å²) in [5, 5.41) is 0. The second kappa shape index (κ2) is 8.45. The van der Waals surface area contributed by atoms with E-state index in [2.05, 4.69) is 18.6 Å². The van der Waals surface area contributed by atoms with Crippen molar-refractivity contribution in [3.63, 3.8) is 0 Å². The second-order valence-corrected chi connectivity index (χ2v) is 8.09. The standard InChI is InChI=1S/C17H28N2O3S/c1-13(2)8-10-19(16(5)20)11-9-18-23(21,22)17-7-6-14(3)12-15(17)4/h6-7,12-13,18H,8-11H2,1-5H3. The summed E-state index contributed by atoms with van der Waals surface area (Å²) in [4.78, 5) is 13.6. The van der Waals surface area contributed by atoms with Crippen molar-refractivity contribution in [3.8, 4) is 0 Å². The lowest BCUT2D eigenvalue weighted by atomic mass is 10.1. The molecule has 130 valence electrons. The molecule has 1 rings (SSSR count). The van der Waals surface area contributed by atoms with Crippen LogP contribution in [0.25, 0.3) is 0 Å². The molecule has 0 bridgehead atoms. The zero-order valence-corrected chi connectivity index (χ0v) is 15.5. The second-order valence-electron chi connectivity index (χ2n) is 6.36. The van der Waals surface area contributed by atoms with Crippen LogP contribution in [-0.4, -0.2) is 38.9 Å². The lowest BCUT2D eigenvalue weighted by molar-refractivity contribution is -0.128. The summed E-state index contributed by atoms with van der Waals surface area (Å²) in [5.41, 5.74) is 1.75. The fourth-order valence-electron chi connectivity index (χ4n) is 2.33. The molecular formula is C17H28N2O3S. The summed E-state index contributed by atoms with van der Waals surface area (Å²) < 4.78 is 27.3. The molecule has 23 heavy (non-hydrogen) atoms. The van der Waals surface area contributed by atoms with Gasteiger partial charge in [0.1, 0.15) is 0 Å². The van der Waals surface area contributed by atoms with Gasteiger partial charge in [-0.05, 0) is 37.8 Å². The van der Waals surface area contributed by atoms with E-state index in [1.165, 1.54) is 6.92 Å². The molecule has 0 aliphatic heterocycles. The van der Waals surface area contributed by atoms with Crippen LogP contribution >= 0.6 is 0 Å². The molecule has 6 heteroatoms. The number of rotatable bonds is 8. The lowest BCUT2D eigenvalue weighted by Gasteiger charge is -2.22. The smallest absolute Gasteiger partial charge is 0.240 e. The van der Waals surface area contributed by atoms with Gasteiger partial charge >= 0.3 is 0 Å². The largest absolute Gasteiger partial charge is 0.342 e. The van der Waals surface area contributed by atoms with Crippen molar-refractivity contribution >= 4 is 15.9 Å². The van der Waals surface area contributed by atoms with Crippen molar-refractivity contribution in [2.24, 2.45) is 5.92 Å². The number of nitrogens with one attached hydrogen (secondary N) is 1. The Morgan fingerprint density at radius 3 is 2.39 bits per heavy atom. The summed E-state index contributed by atoms with van der Waals surface area (Å²) in [7, 11) is -3.55. The van der Waals surface area contributed by atoms with Crippen LogP contribution in [0.3, 0.4) is 0 Å². The highest BCUT2D eigenvalue weighted by Gasteiger charge is 2.17. The molecule has 0 aliphatic carbocycles. The number of carbonyl (C=O) groups is 1. The number of aryl methyl sites for hydroxylation is 2. The van der Waals surface area contributed by atoms with Crippen LogP contribution < -0.4 is 4.72 Å². The molecule has 0 saturated heterocycles. The molecule has 0 radical (unpaired) electrons.